The van der Waals surface area contributed by atoms with E-state index in [4.69, 9.17) is 0 Å². The van der Waals surface area contributed by atoms with Crippen LogP contribution in [0.3, 0.4) is 0 Å². The fraction of sp³-hybridized carbons (Fsp3) is 0.0278. The molecule has 0 aliphatic carbocycles. The molecule has 2 aliphatic heterocycles. The Kier molecular flexibility index (Phi) is 6.02. The zero-order valence-corrected chi connectivity index (χ0v) is 22.5. The molecule has 7 rings (SSSR count). The Morgan fingerprint density at radius 2 is 0.881 bits per heavy atom. The van der Waals surface area contributed by atoms with E-state index in [9.17, 15) is 9.59 Å². The molecular formula is C36H25N3O3. The molecule has 0 N–H and O–H groups in total. The first-order valence-corrected chi connectivity index (χ1v) is 13.7. The third-order valence-corrected chi connectivity index (χ3v) is 7.73. The number of fused-ring (bicyclic) bond motifs is 1. The molecule has 3 amide bonds. The van der Waals surface area contributed by atoms with Gasteiger partial charge in [-0.15, -0.1) is 0 Å². The first-order chi connectivity index (χ1) is 20.6. The number of urea groups is 1. The average molecular weight is 548 g/mol. The highest BCUT2D eigenvalue weighted by molar-refractivity contribution is 6.54. The topological polar surface area (TPSA) is 60.9 Å². The smallest absolute Gasteiger partial charge is 0.283 e. The predicted molar refractivity (Wildman–Crippen MR) is 164 cm³/mol. The van der Waals surface area contributed by atoms with Gasteiger partial charge in [0.2, 0.25) is 0 Å². The van der Waals surface area contributed by atoms with Gasteiger partial charge in [-0.25, -0.2) is 4.79 Å². The fourth-order valence-corrected chi connectivity index (χ4v) is 6.07. The summed E-state index contributed by atoms with van der Waals surface area (Å²) in [5, 5.41) is 0. The maximum Gasteiger partial charge on any atom is 0.336 e. The molecule has 1 fully saturated rings. The molecule has 42 heavy (non-hydrogen) atoms. The van der Waals surface area contributed by atoms with Crippen LogP contribution in [-0.2, 0) is 15.3 Å². The molecule has 1 atom stereocenters. The molecule has 2 heterocycles. The summed E-state index contributed by atoms with van der Waals surface area (Å²) in [5.41, 5.74) is 1.85. The molecule has 6 heteroatoms. The van der Waals surface area contributed by atoms with E-state index >= 15 is 4.79 Å². The Morgan fingerprint density at radius 3 is 1.40 bits per heavy atom. The first kappa shape index (κ1) is 25.2. The van der Waals surface area contributed by atoms with Gasteiger partial charge in [0.15, 0.2) is 5.66 Å². The summed E-state index contributed by atoms with van der Waals surface area (Å²) in [7, 11) is 0. The molecule has 0 saturated carbocycles. The lowest BCUT2D eigenvalue weighted by atomic mass is 9.83. The lowest BCUT2D eigenvalue weighted by Gasteiger charge is -2.52. The number of para-hydroxylation sites is 3. The molecule has 0 bridgehead atoms. The standard InChI is InChI=1S/C36H25N3O3/c40-33-31-32(26-16-6-1-7-17-26)37(28-20-10-3-11-21-28)35(42)39(30-24-14-5-15-25-30)36(31,27-18-8-2-9-19-27)38(34(33)41)29-22-12-4-13-23-29/h1-25H/t36-/m1/s1. The van der Waals surface area contributed by atoms with E-state index in [2.05, 4.69) is 0 Å². The molecule has 6 nitrogen and oxygen atoms in total. The Bertz CT molecular complexity index is 1830. The second-order valence-corrected chi connectivity index (χ2v) is 10.1. The van der Waals surface area contributed by atoms with Crippen LogP contribution in [0.4, 0.5) is 21.9 Å². The lowest BCUT2D eigenvalue weighted by Crippen LogP contribution is -2.65. The molecule has 1 saturated heterocycles. The summed E-state index contributed by atoms with van der Waals surface area (Å²) < 4.78 is 0. The van der Waals surface area contributed by atoms with Gasteiger partial charge >= 0.3 is 11.9 Å². The van der Waals surface area contributed by atoms with E-state index in [1.54, 1.807) is 21.9 Å². The number of hydrogen-bond donors (Lipinski definition) is 0. The van der Waals surface area contributed by atoms with Gasteiger partial charge in [0.1, 0.15) is 0 Å². The van der Waals surface area contributed by atoms with Gasteiger partial charge in [-0.2, -0.15) is 0 Å². The minimum Gasteiger partial charge on any atom is -0.283 e. The Labute approximate surface area is 243 Å². The number of amides is 3. The number of anilines is 3. The fourth-order valence-electron chi connectivity index (χ4n) is 6.07. The van der Waals surface area contributed by atoms with Crippen LogP contribution in [0, 0.1) is 0 Å². The summed E-state index contributed by atoms with van der Waals surface area (Å²) in [6, 6.07) is 45.8. The van der Waals surface area contributed by atoms with Gasteiger partial charge in [-0.3, -0.25) is 24.3 Å². The van der Waals surface area contributed by atoms with Crippen molar-refractivity contribution in [1.82, 2.24) is 0 Å². The number of rotatable bonds is 5. The first-order valence-electron chi connectivity index (χ1n) is 13.7. The predicted octanol–water partition coefficient (Wildman–Crippen LogP) is 7.01. The third kappa shape index (κ3) is 3.62. The number of benzene rings is 5. The van der Waals surface area contributed by atoms with Gasteiger partial charge in [-0.05, 0) is 42.0 Å². The van der Waals surface area contributed by atoms with Crippen LogP contribution in [0.5, 0.6) is 0 Å². The molecule has 0 radical (unpaired) electrons. The maximum absolute atomic E-state index is 15.2. The Morgan fingerprint density at radius 1 is 0.452 bits per heavy atom. The number of carbonyl (C=O) groups excluding carboxylic acids is 3. The zero-order chi connectivity index (χ0) is 28.7. The summed E-state index contributed by atoms with van der Waals surface area (Å²) in [5.74, 6) is -1.38. The summed E-state index contributed by atoms with van der Waals surface area (Å²) >= 11 is 0. The minimum atomic E-state index is -1.62. The van der Waals surface area contributed by atoms with Crippen molar-refractivity contribution < 1.29 is 14.4 Å². The highest BCUT2D eigenvalue weighted by Gasteiger charge is 2.66. The zero-order valence-electron chi connectivity index (χ0n) is 22.5. The van der Waals surface area contributed by atoms with Crippen LogP contribution in [-0.4, -0.2) is 17.7 Å². The molecule has 5 aromatic rings. The van der Waals surface area contributed by atoms with Crippen molar-refractivity contribution in [2.75, 3.05) is 14.7 Å². The van der Waals surface area contributed by atoms with Crippen molar-refractivity contribution in [3.05, 3.63) is 168 Å². The summed E-state index contributed by atoms with van der Waals surface area (Å²) in [6.45, 7) is 0. The van der Waals surface area contributed by atoms with Crippen molar-refractivity contribution in [1.29, 1.82) is 0 Å². The molecule has 0 unspecified atom stereocenters. The third-order valence-electron chi connectivity index (χ3n) is 7.73. The quantitative estimate of drug-likeness (QED) is 0.222. The molecule has 0 spiro atoms. The largest absolute Gasteiger partial charge is 0.336 e. The van der Waals surface area contributed by atoms with Gasteiger partial charge < -0.3 is 0 Å². The van der Waals surface area contributed by atoms with Gasteiger partial charge in [-0.1, -0.05) is 115 Å². The minimum absolute atomic E-state index is 0.209. The number of carbonyl (C=O) groups is 3. The van der Waals surface area contributed by atoms with Crippen LogP contribution < -0.4 is 14.7 Å². The molecule has 202 valence electrons. The lowest BCUT2D eigenvalue weighted by molar-refractivity contribution is -0.132. The molecule has 5 aromatic carbocycles. The van der Waals surface area contributed by atoms with Gasteiger partial charge in [0.05, 0.1) is 17.0 Å². The van der Waals surface area contributed by atoms with Gasteiger partial charge in [0.25, 0.3) is 5.78 Å². The van der Waals surface area contributed by atoms with Gasteiger partial charge in [0, 0.05) is 16.9 Å². The van der Waals surface area contributed by atoms with E-state index in [-0.39, 0.29) is 5.57 Å². The molecule has 0 aromatic heterocycles. The highest BCUT2D eigenvalue weighted by atomic mass is 16.2. The average Bonchev–Trinajstić information content (AvgIpc) is 3.29. The number of Topliss-reactive ketones (excluding diaryl/α,β-unsaturated/α-hetero) is 1. The SMILES string of the molecule is O=C1C(=O)N(c2ccccc2)[C@@]2(c3ccccc3)C1=C(c1ccccc1)N(c1ccccc1)C(=O)N2c1ccccc1. The van der Waals surface area contributed by atoms with E-state index < -0.39 is 23.4 Å². The van der Waals surface area contributed by atoms with Crippen LogP contribution in [0.15, 0.2) is 157 Å². The molecule has 2 aliphatic rings. The van der Waals surface area contributed by atoms with E-state index in [1.807, 2.05) is 140 Å². The number of nitrogens with zero attached hydrogens (tertiary/aromatic N) is 3. The normalized spacial score (nSPS) is 18.5. The number of ketones is 1. The van der Waals surface area contributed by atoms with Crippen molar-refractivity contribution in [3.63, 3.8) is 0 Å². The van der Waals surface area contributed by atoms with Crippen LogP contribution in [0.2, 0.25) is 0 Å². The van der Waals surface area contributed by atoms with Crippen LogP contribution >= 0.6 is 0 Å². The van der Waals surface area contributed by atoms with Crippen molar-refractivity contribution >= 4 is 40.5 Å². The van der Waals surface area contributed by atoms with Crippen LogP contribution in [0.1, 0.15) is 11.1 Å². The highest BCUT2D eigenvalue weighted by Crippen LogP contribution is 2.55. The van der Waals surface area contributed by atoms with E-state index in [0.29, 0.717) is 33.9 Å². The van der Waals surface area contributed by atoms with Crippen molar-refractivity contribution in [3.8, 4) is 0 Å². The Balaban J connectivity index is 1.70. The van der Waals surface area contributed by atoms with Crippen LogP contribution in [0.25, 0.3) is 5.70 Å². The van der Waals surface area contributed by atoms with E-state index in [1.165, 1.54) is 4.90 Å². The maximum atomic E-state index is 15.2. The monoisotopic (exact) mass is 547 g/mol. The second-order valence-electron chi connectivity index (χ2n) is 10.1. The second kappa shape index (κ2) is 10.0. The van der Waals surface area contributed by atoms with E-state index in [0.717, 1.165) is 0 Å². The van der Waals surface area contributed by atoms with Crippen molar-refractivity contribution in [2.24, 2.45) is 0 Å². The summed E-state index contributed by atoms with van der Waals surface area (Å²) in [6.07, 6.45) is 0. The number of hydrogen-bond acceptors (Lipinski definition) is 3. The molecular weight excluding hydrogens is 522 g/mol. The Hall–Kier alpha value is -5.75. The van der Waals surface area contributed by atoms with Crippen molar-refractivity contribution in [2.45, 2.75) is 5.66 Å². The summed E-state index contributed by atoms with van der Waals surface area (Å²) in [4.78, 5) is 48.7.